The number of Topliss-reactive ketones (excluding diaryl/α,β-unsaturated/α-hetero) is 1. The number of aryl methyl sites for hydroxylation is 2. The molecule has 3 fully saturated rings. The van der Waals surface area contributed by atoms with Crippen LogP contribution in [0.4, 0.5) is 8.78 Å². The predicted octanol–water partition coefficient (Wildman–Crippen LogP) is 10.3. The van der Waals surface area contributed by atoms with E-state index < -0.39 is 11.3 Å². The SMILES string of the molecule is C#C.CC(=O)CN=C1CCC2(C/C1=C(/N)C(=O)N1CCCCC1)CC2(F)F.CCCC.CCCCC(C)CC.Cc1cccc(C)c1C. The molecule has 0 radical (unpaired) electrons. The van der Waals surface area contributed by atoms with Crippen molar-refractivity contribution >= 4 is 17.4 Å². The number of hydrogen-bond donors (Lipinski definition) is 1. The summed E-state index contributed by atoms with van der Waals surface area (Å²) in [5.74, 6) is -2.13. The zero-order valence-electron chi connectivity index (χ0n) is 31.8. The summed E-state index contributed by atoms with van der Waals surface area (Å²) in [6.07, 6.45) is 19.7. The van der Waals surface area contributed by atoms with Crippen LogP contribution in [-0.4, -0.2) is 47.9 Å². The molecular formula is C41H67F2N3O2. The number of halogens is 2. The minimum absolute atomic E-state index is 0.00654. The van der Waals surface area contributed by atoms with E-state index in [1.165, 1.54) is 62.1 Å². The van der Waals surface area contributed by atoms with Gasteiger partial charge < -0.3 is 10.6 Å². The van der Waals surface area contributed by atoms with Gasteiger partial charge in [-0.05, 0) is 88.8 Å². The molecule has 1 saturated heterocycles. The van der Waals surface area contributed by atoms with Crippen LogP contribution in [0.1, 0.15) is 142 Å². The molecule has 1 heterocycles. The Morgan fingerprint density at radius 3 is 1.94 bits per heavy atom. The van der Waals surface area contributed by atoms with Crippen molar-refractivity contribution in [1.29, 1.82) is 0 Å². The summed E-state index contributed by atoms with van der Waals surface area (Å²) in [4.78, 5) is 29.9. The number of ketones is 1. The number of likely N-dealkylation sites (tertiary alicyclic amines) is 1. The van der Waals surface area contributed by atoms with E-state index in [4.69, 9.17) is 5.73 Å². The van der Waals surface area contributed by atoms with Crippen LogP contribution in [0.2, 0.25) is 0 Å². The van der Waals surface area contributed by atoms with E-state index in [1.807, 2.05) is 0 Å². The third-order valence-corrected chi connectivity index (χ3v) is 9.73. The van der Waals surface area contributed by atoms with Gasteiger partial charge in [0.1, 0.15) is 5.70 Å². The molecule has 1 amide bonds. The summed E-state index contributed by atoms with van der Waals surface area (Å²) < 4.78 is 27.7. The number of allylic oxidation sites excluding steroid dienone is 1. The number of piperidine rings is 1. The number of alkyl halides is 2. The topological polar surface area (TPSA) is 75.8 Å². The normalized spacial score (nSPS) is 21.4. The molecule has 2 unspecified atom stereocenters. The van der Waals surface area contributed by atoms with Crippen LogP contribution in [0, 0.1) is 45.0 Å². The summed E-state index contributed by atoms with van der Waals surface area (Å²) >= 11 is 0. The zero-order chi connectivity index (χ0) is 36.9. The van der Waals surface area contributed by atoms with Gasteiger partial charge in [0.15, 0.2) is 5.78 Å². The number of rotatable bonds is 8. The molecule has 5 nitrogen and oxygen atoms in total. The molecule has 1 aliphatic heterocycles. The smallest absolute Gasteiger partial charge is 0.270 e. The number of nitrogens with zero attached hydrogens (tertiary/aromatic N) is 2. The van der Waals surface area contributed by atoms with Gasteiger partial charge in [-0.25, -0.2) is 8.78 Å². The number of amides is 1. The number of benzene rings is 1. The molecule has 2 saturated carbocycles. The molecule has 3 aliphatic rings. The first-order valence-electron chi connectivity index (χ1n) is 18.2. The van der Waals surface area contributed by atoms with Crippen molar-refractivity contribution in [3.05, 3.63) is 46.2 Å². The molecule has 2 aliphatic carbocycles. The summed E-state index contributed by atoms with van der Waals surface area (Å²) in [7, 11) is 0. The van der Waals surface area contributed by atoms with Gasteiger partial charge in [-0.3, -0.25) is 14.6 Å². The van der Waals surface area contributed by atoms with Gasteiger partial charge in [0.25, 0.3) is 11.8 Å². The number of carbonyl (C=O) groups excluding carboxylic acids is 2. The van der Waals surface area contributed by atoms with E-state index in [9.17, 15) is 18.4 Å². The average molecular weight is 672 g/mol. The Bertz CT molecular complexity index is 1180. The van der Waals surface area contributed by atoms with Crippen molar-refractivity contribution in [1.82, 2.24) is 4.90 Å². The number of hydrogen-bond acceptors (Lipinski definition) is 4. The summed E-state index contributed by atoms with van der Waals surface area (Å²) in [6.45, 7) is 20.4. The first-order chi connectivity index (χ1) is 22.7. The average Bonchev–Trinajstić information content (AvgIpc) is 3.63. The Kier molecular flexibility index (Phi) is 21.9. The Balaban J connectivity index is 0.000000785. The molecule has 7 heteroatoms. The molecule has 1 aromatic rings. The molecule has 48 heavy (non-hydrogen) atoms. The van der Waals surface area contributed by atoms with E-state index >= 15 is 0 Å². The molecular weight excluding hydrogens is 604 g/mol. The lowest BCUT2D eigenvalue weighted by atomic mass is 9.80. The maximum absolute atomic E-state index is 13.9. The van der Waals surface area contributed by atoms with Crippen LogP contribution in [0.15, 0.2) is 34.5 Å². The Morgan fingerprint density at radius 2 is 1.52 bits per heavy atom. The van der Waals surface area contributed by atoms with Gasteiger partial charge in [-0.15, -0.1) is 12.8 Å². The zero-order valence-corrected chi connectivity index (χ0v) is 31.8. The van der Waals surface area contributed by atoms with E-state index in [0.717, 1.165) is 25.2 Å². The lowest BCUT2D eigenvalue weighted by Gasteiger charge is -2.30. The van der Waals surface area contributed by atoms with Gasteiger partial charge in [0.05, 0.1) is 6.54 Å². The van der Waals surface area contributed by atoms with Crippen molar-refractivity contribution in [2.24, 2.45) is 22.1 Å². The molecule has 2 N–H and O–H groups in total. The highest BCUT2D eigenvalue weighted by Gasteiger charge is 2.71. The first-order valence-corrected chi connectivity index (χ1v) is 18.2. The van der Waals surface area contributed by atoms with Crippen LogP contribution in [0.5, 0.6) is 0 Å². The molecule has 0 aromatic heterocycles. The highest BCUT2D eigenvalue weighted by molar-refractivity contribution is 6.09. The largest absolute Gasteiger partial charge is 0.394 e. The fraction of sp³-hybridized carbons (Fsp3) is 0.683. The summed E-state index contributed by atoms with van der Waals surface area (Å²) in [6, 6.07) is 6.38. The molecule has 1 aromatic carbocycles. The highest BCUT2D eigenvalue weighted by atomic mass is 19.3. The Morgan fingerprint density at radius 1 is 0.979 bits per heavy atom. The Hall–Kier alpha value is -3.01. The van der Waals surface area contributed by atoms with Gasteiger partial charge in [0.2, 0.25) is 0 Å². The first kappa shape index (κ1) is 45.0. The maximum atomic E-state index is 13.9. The third kappa shape index (κ3) is 15.0. The van der Waals surface area contributed by atoms with E-state index in [-0.39, 0.29) is 36.8 Å². The standard InChI is InChI=1S/C18H25F2N3O2.C9H12.C8H18.C4H10.C2H2/c1-12(24)10-22-14-5-6-17(11-18(17,19)20)9-13(14)15(21)16(25)23-7-3-2-4-8-23;1-7-5-4-6-8(2)9(7)3;1-4-6-7-8(3)5-2;1-3-4-2;1-2/h2-11,21H2,1H3;4-6H,1-3H3;8H,4-7H2,1-3H3;3-4H2,1-2H3;1-2H/b15-13-,22-14?;;;;. The predicted molar refractivity (Wildman–Crippen MR) is 201 cm³/mol. The number of nitrogens with two attached hydrogens (primary N) is 1. The third-order valence-electron chi connectivity index (χ3n) is 9.73. The minimum atomic E-state index is -2.70. The van der Waals surface area contributed by atoms with Crippen LogP contribution in [-0.2, 0) is 9.59 Å². The van der Waals surface area contributed by atoms with Crippen LogP contribution in [0.25, 0.3) is 0 Å². The fourth-order valence-corrected chi connectivity index (χ4v) is 5.56. The van der Waals surface area contributed by atoms with Gasteiger partial charge in [-0.2, -0.15) is 0 Å². The second-order valence-corrected chi connectivity index (χ2v) is 13.7. The van der Waals surface area contributed by atoms with Crippen molar-refractivity contribution in [3.8, 4) is 12.8 Å². The minimum Gasteiger partial charge on any atom is -0.394 e. The molecule has 1 spiro atoms. The van der Waals surface area contributed by atoms with Crippen molar-refractivity contribution in [2.75, 3.05) is 19.6 Å². The fourth-order valence-electron chi connectivity index (χ4n) is 5.56. The van der Waals surface area contributed by atoms with E-state index in [2.05, 4.69) is 91.4 Å². The van der Waals surface area contributed by atoms with Crippen LogP contribution in [0.3, 0.4) is 0 Å². The highest BCUT2D eigenvalue weighted by Crippen LogP contribution is 2.68. The second-order valence-electron chi connectivity index (χ2n) is 13.7. The van der Waals surface area contributed by atoms with Crippen LogP contribution >= 0.6 is 0 Å². The second kappa shape index (κ2) is 23.4. The number of unbranched alkanes of at least 4 members (excludes halogenated alkanes) is 2. The Labute approximate surface area is 292 Å². The molecule has 0 bridgehead atoms. The van der Waals surface area contributed by atoms with Gasteiger partial charge in [-0.1, -0.05) is 91.3 Å². The number of aliphatic imine (C=N–C) groups is 1. The van der Waals surface area contributed by atoms with Crippen molar-refractivity contribution < 1.29 is 18.4 Å². The quantitative estimate of drug-likeness (QED) is 0.221. The molecule has 4 rings (SSSR count). The molecule has 272 valence electrons. The van der Waals surface area contributed by atoms with Crippen molar-refractivity contribution in [2.45, 2.75) is 152 Å². The van der Waals surface area contributed by atoms with Crippen LogP contribution < -0.4 is 5.73 Å². The van der Waals surface area contributed by atoms with Gasteiger partial charge >= 0.3 is 0 Å². The summed E-state index contributed by atoms with van der Waals surface area (Å²) in [5, 5.41) is 0. The summed E-state index contributed by atoms with van der Waals surface area (Å²) in [5.41, 5.74) is 10.3. The van der Waals surface area contributed by atoms with Crippen molar-refractivity contribution in [3.63, 3.8) is 0 Å². The molecule has 2 atom stereocenters. The van der Waals surface area contributed by atoms with E-state index in [1.54, 1.807) is 4.90 Å². The maximum Gasteiger partial charge on any atom is 0.270 e. The number of terminal acetylenes is 1. The van der Waals surface area contributed by atoms with Gasteiger partial charge in [0, 0.05) is 36.2 Å². The monoisotopic (exact) mass is 672 g/mol. The number of carbonyl (C=O) groups is 2. The van der Waals surface area contributed by atoms with E-state index in [0.29, 0.717) is 37.2 Å². The lowest BCUT2D eigenvalue weighted by molar-refractivity contribution is -0.128. The lowest BCUT2D eigenvalue weighted by Crippen LogP contribution is -2.40.